The number of amides is 2. The molecule has 2 aromatic carbocycles. The number of carbonyl (C=O) groups is 2. The summed E-state index contributed by atoms with van der Waals surface area (Å²) in [6.45, 7) is 3.41. The minimum Gasteiger partial charge on any atom is -0.340 e. The van der Waals surface area contributed by atoms with E-state index in [1.165, 1.54) is 6.92 Å². The fraction of sp³-hybridized carbons (Fsp3) is 0.0952. The highest BCUT2D eigenvalue weighted by molar-refractivity contribution is 6.04. The SMILES string of the molecule is CC(=O)Nc1cccc(Nc2ccc(NC(=O)c3cccc(C)c3)cn2)c1. The van der Waals surface area contributed by atoms with Crippen molar-refractivity contribution in [3.63, 3.8) is 0 Å². The average Bonchev–Trinajstić information content (AvgIpc) is 2.63. The first-order chi connectivity index (χ1) is 13.0. The van der Waals surface area contributed by atoms with Crippen LogP contribution in [-0.2, 0) is 4.79 Å². The molecule has 6 heteroatoms. The van der Waals surface area contributed by atoms with E-state index in [0.717, 1.165) is 11.3 Å². The number of nitrogens with one attached hydrogen (secondary N) is 3. The summed E-state index contributed by atoms with van der Waals surface area (Å²) >= 11 is 0. The van der Waals surface area contributed by atoms with Gasteiger partial charge in [0.25, 0.3) is 5.91 Å². The number of carbonyl (C=O) groups excluding carboxylic acids is 2. The molecule has 0 atom stereocenters. The smallest absolute Gasteiger partial charge is 0.255 e. The van der Waals surface area contributed by atoms with E-state index in [1.807, 2.05) is 49.4 Å². The van der Waals surface area contributed by atoms with Gasteiger partial charge in [-0.25, -0.2) is 4.98 Å². The van der Waals surface area contributed by atoms with Gasteiger partial charge in [-0.15, -0.1) is 0 Å². The zero-order valence-electron chi connectivity index (χ0n) is 15.1. The van der Waals surface area contributed by atoms with E-state index in [1.54, 1.807) is 24.4 Å². The number of nitrogens with zero attached hydrogens (tertiary/aromatic N) is 1. The Labute approximate surface area is 157 Å². The molecule has 0 spiro atoms. The summed E-state index contributed by atoms with van der Waals surface area (Å²) in [7, 11) is 0. The molecule has 0 saturated carbocycles. The van der Waals surface area contributed by atoms with Crippen LogP contribution in [0.2, 0.25) is 0 Å². The standard InChI is InChI=1S/C21H20N4O2/c1-14-5-3-6-16(11-14)21(27)25-19-9-10-20(22-13-19)24-18-8-4-7-17(12-18)23-15(2)26/h3-13H,1-2H3,(H,22,24)(H,23,26)(H,25,27). The third-order valence-corrected chi connectivity index (χ3v) is 3.76. The Bertz CT molecular complexity index is 968. The number of aromatic nitrogens is 1. The van der Waals surface area contributed by atoms with Crippen LogP contribution in [0.3, 0.4) is 0 Å². The normalized spacial score (nSPS) is 10.1. The van der Waals surface area contributed by atoms with Crippen molar-refractivity contribution in [2.75, 3.05) is 16.0 Å². The molecule has 0 unspecified atom stereocenters. The topological polar surface area (TPSA) is 83.1 Å². The highest BCUT2D eigenvalue weighted by Gasteiger charge is 2.06. The van der Waals surface area contributed by atoms with E-state index in [0.29, 0.717) is 22.8 Å². The Kier molecular flexibility index (Phi) is 5.47. The Balaban J connectivity index is 1.65. The van der Waals surface area contributed by atoms with Crippen LogP contribution in [0.25, 0.3) is 0 Å². The van der Waals surface area contributed by atoms with Crippen LogP contribution in [0.15, 0.2) is 66.9 Å². The largest absolute Gasteiger partial charge is 0.340 e. The summed E-state index contributed by atoms with van der Waals surface area (Å²) < 4.78 is 0. The number of rotatable bonds is 5. The Morgan fingerprint density at radius 1 is 0.852 bits per heavy atom. The maximum Gasteiger partial charge on any atom is 0.255 e. The first kappa shape index (κ1) is 18.1. The number of hydrogen-bond acceptors (Lipinski definition) is 4. The van der Waals surface area contributed by atoms with Gasteiger partial charge in [0.05, 0.1) is 11.9 Å². The average molecular weight is 360 g/mol. The summed E-state index contributed by atoms with van der Waals surface area (Å²) in [5.74, 6) is 0.326. The van der Waals surface area contributed by atoms with E-state index in [2.05, 4.69) is 20.9 Å². The quantitative estimate of drug-likeness (QED) is 0.632. The van der Waals surface area contributed by atoms with Crippen LogP contribution in [0.5, 0.6) is 0 Å². The van der Waals surface area contributed by atoms with Crippen molar-refractivity contribution in [2.24, 2.45) is 0 Å². The second kappa shape index (κ2) is 8.14. The van der Waals surface area contributed by atoms with E-state index >= 15 is 0 Å². The third kappa shape index (κ3) is 5.15. The fourth-order valence-corrected chi connectivity index (χ4v) is 2.56. The van der Waals surface area contributed by atoms with Gasteiger partial charge in [0.2, 0.25) is 5.91 Å². The zero-order valence-corrected chi connectivity index (χ0v) is 15.1. The molecule has 1 aromatic heterocycles. The van der Waals surface area contributed by atoms with Crippen LogP contribution in [-0.4, -0.2) is 16.8 Å². The molecular weight excluding hydrogens is 340 g/mol. The summed E-state index contributed by atoms with van der Waals surface area (Å²) in [5, 5.41) is 8.73. The maximum atomic E-state index is 12.3. The van der Waals surface area contributed by atoms with Crippen molar-refractivity contribution in [1.29, 1.82) is 0 Å². The lowest BCUT2D eigenvalue weighted by Gasteiger charge is -2.09. The number of benzene rings is 2. The van der Waals surface area contributed by atoms with Gasteiger partial charge in [-0.2, -0.15) is 0 Å². The van der Waals surface area contributed by atoms with Crippen LogP contribution >= 0.6 is 0 Å². The minimum atomic E-state index is -0.177. The zero-order chi connectivity index (χ0) is 19.2. The van der Waals surface area contributed by atoms with Crippen LogP contribution in [0.4, 0.5) is 22.9 Å². The minimum absolute atomic E-state index is 0.126. The molecular formula is C21H20N4O2. The maximum absolute atomic E-state index is 12.3. The molecule has 27 heavy (non-hydrogen) atoms. The van der Waals surface area contributed by atoms with Crippen LogP contribution < -0.4 is 16.0 Å². The van der Waals surface area contributed by atoms with E-state index < -0.39 is 0 Å². The molecule has 2 amide bonds. The molecule has 0 fully saturated rings. The predicted octanol–water partition coefficient (Wildman–Crippen LogP) is 4.34. The lowest BCUT2D eigenvalue weighted by Crippen LogP contribution is -2.12. The molecule has 0 bridgehead atoms. The Morgan fingerprint density at radius 2 is 1.63 bits per heavy atom. The molecule has 6 nitrogen and oxygen atoms in total. The fourth-order valence-electron chi connectivity index (χ4n) is 2.56. The van der Waals surface area contributed by atoms with Crippen molar-refractivity contribution < 1.29 is 9.59 Å². The summed E-state index contributed by atoms with van der Waals surface area (Å²) in [5.41, 5.74) is 3.74. The van der Waals surface area contributed by atoms with Crippen molar-refractivity contribution >= 4 is 34.7 Å². The third-order valence-electron chi connectivity index (χ3n) is 3.76. The number of pyridine rings is 1. The Morgan fingerprint density at radius 3 is 2.33 bits per heavy atom. The number of aryl methyl sites for hydroxylation is 1. The van der Waals surface area contributed by atoms with Crippen LogP contribution in [0.1, 0.15) is 22.8 Å². The molecule has 0 aliphatic rings. The highest BCUT2D eigenvalue weighted by atomic mass is 16.2. The van der Waals surface area contributed by atoms with Gasteiger partial charge >= 0.3 is 0 Å². The van der Waals surface area contributed by atoms with E-state index in [4.69, 9.17) is 0 Å². The first-order valence-corrected chi connectivity index (χ1v) is 8.48. The Hall–Kier alpha value is -3.67. The highest BCUT2D eigenvalue weighted by Crippen LogP contribution is 2.20. The summed E-state index contributed by atoms with van der Waals surface area (Å²) in [6.07, 6.45) is 1.59. The predicted molar refractivity (Wildman–Crippen MR) is 107 cm³/mol. The van der Waals surface area contributed by atoms with Gasteiger partial charge in [0, 0.05) is 23.9 Å². The monoisotopic (exact) mass is 360 g/mol. The number of hydrogen-bond donors (Lipinski definition) is 3. The van der Waals surface area contributed by atoms with E-state index in [-0.39, 0.29) is 11.8 Å². The lowest BCUT2D eigenvalue weighted by molar-refractivity contribution is -0.114. The van der Waals surface area contributed by atoms with Gasteiger partial charge in [-0.1, -0.05) is 23.8 Å². The van der Waals surface area contributed by atoms with Crippen molar-refractivity contribution in [2.45, 2.75) is 13.8 Å². The molecule has 3 rings (SSSR count). The van der Waals surface area contributed by atoms with Crippen LogP contribution in [0, 0.1) is 6.92 Å². The second-order valence-corrected chi connectivity index (χ2v) is 6.14. The van der Waals surface area contributed by atoms with Gasteiger partial charge in [-0.05, 0) is 49.4 Å². The van der Waals surface area contributed by atoms with Crippen molar-refractivity contribution in [3.8, 4) is 0 Å². The second-order valence-electron chi connectivity index (χ2n) is 6.14. The summed E-state index contributed by atoms with van der Waals surface area (Å²) in [6, 6.07) is 18.3. The molecule has 3 aromatic rings. The number of anilines is 4. The molecule has 136 valence electrons. The molecule has 0 saturated heterocycles. The van der Waals surface area contributed by atoms with E-state index in [9.17, 15) is 9.59 Å². The molecule has 0 aliphatic carbocycles. The lowest BCUT2D eigenvalue weighted by atomic mass is 10.1. The molecule has 0 radical (unpaired) electrons. The van der Waals surface area contributed by atoms with Crippen molar-refractivity contribution in [3.05, 3.63) is 78.0 Å². The molecule has 0 aliphatic heterocycles. The van der Waals surface area contributed by atoms with Gasteiger partial charge in [0.1, 0.15) is 5.82 Å². The van der Waals surface area contributed by atoms with Gasteiger partial charge < -0.3 is 16.0 Å². The van der Waals surface area contributed by atoms with Crippen molar-refractivity contribution in [1.82, 2.24) is 4.98 Å². The molecule has 1 heterocycles. The van der Waals surface area contributed by atoms with Gasteiger partial charge in [0.15, 0.2) is 0 Å². The summed E-state index contributed by atoms with van der Waals surface area (Å²) in [4.78, 5) is 27.7. The first-order valence-electron chi connectivity index (χ1n) is 8.48. The van der Waals surface area contributed by atoms with Gasteiger partial charge in [-0.3, -0.25) is 9.59 Å². The molecule has 3 N–H and O–H groups in total.